The first-order chi connectivity index (χ1) is 6.09. The van der Waals surface area contributed by atoms with Crippen LogP contribution in [0.15, 0.2) is 0 Å². The summed E-state index contributed by atoms with van der Waals surface area (Å²) in [5.74, 6) is 0. The average Bonchev–Trinajstić information content (AvgIpc) is 2.02. The lowest BCUT2D eigenvalue weighted by molar-refractivity contribution is 0.0750. The van der Waals surface area contributed by atoms with Gasteiger partial charge in [-0.1, -0.05) is 13.3 Å². The van der Waals surface area contributed by atoms with E-state index < -0.39 is 12.5 Å². The normalized spacial score (nSPS) is 22.8. The van der Waals surface area contributed by atoms with Gasteiger partial charge in [0.05, 0.1) is 6.04 Å². The molecule has 3 heteroatoms. The highest BCUT2D eigenvalue weighted by Crippen LogP contribution is 2.43. The Balaban J connectivity index is 2.24. The summed E-state index contributed by atoms with van der Waals surface area (Å²) >= 11 is 0. The van der Waals surface area contributed by atoms with Gasteiger partial charge in [-0.05, 0) is 31.6 Å². The minimum atomic E-state index is -2.24. The van der Waals surface area contributed by atoms with E-state index in [0.717, 1.165) is 13.0 Å². The number of hydrogen-bond donors (Lipinski definition) is 1. The predicted molar refractivity (Wildman–Crippen MR) is 50.0 cm³/mol. The molecule has 0 radical (unpaired) electrons. The summed E-state index contributed by atoms with van der Waals surface area (Å²) in [7, 11) is 0. The van der Waals surface area contributed by atoms with Crippen LogP contribution in [0.5, 0.6) is 0 Å². The summed E-state index contributed by atoms with van der Waals surface area (Å²) < 4.78 is 24.3. The van der Waals surface area contributed by atoms with Crippen molar-refractivity contribution < 1.29 is 8.78 Å². The molecule has 0 aromatic heterocycles. The van der Waals surface area contributed by atoms with Crippen LogP contribution in [0.25, 0.3) is 0 Å². The molecule has 0 bridgehead atoms. The first kappa shape index (κ1) is 10.9. The van der Waals surface area contributed by atoms with Crippen molar-refractivity contribution in [2.75, 3.05) is 6.54 Å². The third-order valence-electron chi connectivity index (χ3n) is 3.34. The Kier molecular flexibility index (Phi) is 3.65. The topological polar surface area (TPSA) is 12.0 Å². The van der Waals surface area contributed by atoms with Gasteiger partial charge in [-0.2, -0.15) is 0 Å². The maximum Gasteiger partial charge on any atom is 0.253 e. The molecule has 1 aliphatic carbocycles. The summed E-state index contributed by atoms with van der Waals surface area (Å²) in [4.78, 5) is 0. The molecule has 0 saturated heterocycles. The predicted octanol–water partition coefficient (Wildman–Crippen LogP) is 2.81. The first-order valence-electron chi connectivity index (χ1n) is 5.11. The molecule has 1 fully saturated rings. The van der Waals surface area contributed by atoms with Gasteiger partial charge in [-0.25, -0.2) is 8.78 Å². The van der Waals surface area contributed by atoms with E-state index >= 15 is 0 Å². The zero-order chi connectivity index (χ0) is 9.90. The maximum atomic E-state index is 12.2. The van der Waals surface area contributed by atoms with Gasteiger partial charge in [0.25, 0.3) is 6.43 Å². The fourth-order valence-electron chi connectivity index (χ4n) is 1.80. The minimum absolute atomic E-state index is 0.336. The van der Waals surface area contributed by atoms with Gasteiger partial charge in [0.1, 0.15) is 0 Å². The van der Waals surface area contributed by atoms with E-state index in [9.17, 15) is 8.78 Å². The van der Waals surface area contributed by atoms with Gasteiger partial charge in [-0.15, -0.1) is 0 Å². The number of alkyl halides is 2. The molecule has 0 aliphatic heterocycles. The van der Waals surface area contributed by atoms with Gasteiger partial charge in [0.15, 0.2) is 0 Å². The molecular weight excluding hydrogens is 172 g/mol. The molecule has 1 nitrogen and oxygen atoms in total. The van der Waals surface area contributed by atoms with E-state index in [0.29, 0.717) is 5.41 Å². The van der Waals surface area contributed by atoms with E-state index in [1.165, 1.54) is 19.3 Å². The summed E-state index contributed by atoms with van der Waals surface area (Å²) in [6.07, 6.45) is 2.53. The first-order valence-corrected chi connectivity index (χ1v) is 5.11. The van der Waals surface area contributed by atoms with Crippen LogP contribution in [-0.2, 0) is 0 Å². The molecular formula is C10H19F2N. The van der Waals surface area contributed by atoms with E-state index in [-0.39, 0.29) is 0 Å². The lowest BCUT2D eigenvalue weighted by Gasteiger charge is -2.42. The van der Waals surface area contributed by atoms with Gasteiger partial charge in [0, 0.05) is 6.54 Å². The summed E-state index contributed by atoms with van der Waals surface area (Å²) in [6, 6.07) is -0.663. The van der Waals surface area contributed by atoms with Crippen molar-refractivity contribution in [1.29, 1.82) is 0 Å². The quantitative estimate of drug-likeness (QED) is 0.704. The summed E-state index contributed by atoms with van der Waals surface area (Å²) in [5, 5.41) is 2.93. The Morgan fingerprint density at radius 2 is 2.00 bits per heavy atom. The SMILES string of the molecule is CCC1(CNC(C)C(F)F)CCC1. The van der Waals surface area contributed by atoms with Gasteiger partial charge in [0.2, 0.25) is 0 Å². The molecule has 0 heterocycles. The van der Waals surface area contributed by atoms with Crippen LogP contribution < -0.4 is 5.32 Å². The van der Waals surface area contributed by atoms with Crippen LogP contribution in [0.4, 0.5) is 8.78 Å². The van der Waals surface area contributed by atoms with Crippen LogP contribution in [-0.4, -0.2) is 19.0 Å². The van der Waals surface area contributed by atoms with Crippen molar-refractivity contribution in [1.82, 2.24) is 5.32 Å². The zero-order valence-electron chi connectivity index (χ0n) is 8.45. The largest absolute Gasteiger partial charge is 0.309 e. The van der Waals surface area contributed by atoms with E-state index in [4.69, 9.17) is 0 Å². The Morgan fingerprint density at radius 1 is 1.38 bits per heavy atom. The molecule has 1 rings (SSSR count). The van der Waals surface area contributed by atoms with Crippen molar-refractivity contribution >= 4 is 0 Å². The lowest BCUT2D eigenvalue weighted by atomic mass is 9.67. The Bertz CT molecular complexity index is 149. The van der Waals surface area contributed by atoms with Crippen LogP contribution in [0.1, 0.15) is 39.5 Å². The van der Waals surface area contributed by atoms with Crippen molar-refractivity contribution in [2.45, 2.75) is 52.0 Å². The molecule has 0 spiro atoms. The highest BCUT2D eigenvalue weighted by atomic mass is 19.3. The highest BCUT2D eigenvalue weighted by molar-refractivity contribution is 4.89. The Hall–Kier alpha value is -0.180. The van der Waals surface area contributed by atoms with Gasteiger partial charge < -0.3 is 5.32 Å². The molecule has 13 heavy (non-hydrogen) atoms. The molecule has 0 amide bonds. The molecule has 1 unspecified atom stereocenters. The molecule has 1 saturated carbocycles. The Morgan fingerprint density at radius 3 is 2.31 bits per heavy atom. The highest BCUT2D eigenvalue weighted by Gasteiger charge is 2.35. The number of hydrogen-bond acceptors (Lipinski definition) is 1. The molecule has 78 valence electrons. The second-order valence-corrected chi connectivity index (χ2v) is 4.21. The monoisotopic (exact) mass is 191 g/mol. The van der Waals surface area contributed by atoms with Crippen molar-refractivity contribution in [3.63, 3.8) is 0 Å². The van der Waals surface area contributed by atoms with Crippen LogP contribution in [0.2, 0.25) is 0 Å². The third-order valence-corrected chi connectivity index (χ3v) is 3.34. The number of halogens is 2. The number of nitrogens with one attached hydrogen (secondary N) is 1. The van der Waals surface area contributed by atoms with Crippen molar-refractivity contribution in [3.05, 3.63) is 0 Å². The molecule has 1 aliphatic rings. The minimum Gasteiger partial charge on any atom is -0.309 e. The van der Waals surface area contributed by atoms with E-state index in [2.05, 4.69) is 12.2 Å². The zero-order valence-corrected chi connectivity index (χ0v) is 8.45. The van der Waals surface area contributed by atoms with Crippen LogP contribution in [0, 0.1) is 5.41 Å². The van der Waals surface area contributed by atoms with Crippen LogP contribution >= 0.6 is 0 Å². The smallest absolute Gasteiger partial charge is 0.253 e. The maximum absolute atomic E-state index is 12.2. The average molecular weight is 191 g/mol. The van der Waals surface area contributed by atoms with E-state index in [1.807, 2.05) is 0 Å². The molecule has 1 N–H and O–H groups in total. The number of rotatable bonds is 5. The fraction of sp³-hybridized carbons (Fsp3) is 1.00. The molecule has 1 atom stereocenters. The molecule has 0 aromatic rings. The molecule has 0 aromatic carbocycles. The fourth-order valence-corrected chi connectivity index (χ4v) is 1.80. The third kappa shape index (κ3) is 2.63. The standard InChI is InChI=1S/C10H19F2N/c1-3-10(5-4-6-10)7-13-8(2)9(11)12/h8-9,13H,3-7H2,1-2H3. The van der Waals surface area contributed by atoms with Crippen molar-refractivity contribution in [3.8, 4) is 0 Å². The van der Waals surface area contributed by atoms with Crippen molar-refractivity contribution in [2.24, 2.45) is 5.41 Å². The lowest BCUT2D eigenvalue weighted by Crippen LogP contribution is -2.44. The second kappa shape index (κ2) is 4.36. The summed E-state index contributed by atoms with van der Waals surface area (Å²) in [5.41, 5.74) is 0.336. The second-order valence-electron chi connectivity index (χ2n) is 4.21. The van der Waals surface area contributed by atoms with Gasteiger partial charge in [-0.3, -0.25) is 0 Å². The van der Waals surface area contributed by atoms with Gasteiger partial charge >= 0.3 is 0 Å². The van der Waals surface area contributed by atoms with E-state index in [1.54, 1.807) is 6.92 Å². The Labute approximate surface area is 78.9 Å². The van der Waals surface area contributed by atoms with Crippen LogP contribution in [0.3, 0.4) is 0 Å². The summed E-state index contributed by atoms with van der Waals surface area (Å²) in [6.45, 7) is 4.45.